The normalized spacial score (nSPS) is 12.9. The van der Waals surface area contributed by atoms with Crippen LogP contribution < -0.4 is 21.3 Å². The van der Waals surface area contributed by atoms with Gasteiger partial charge in [-0.1, -0.05) is 33.7 Å². The number of carbonyl (C=O) groups is 4. The van der Waals surface area contributed by atoms with Crippen molar-refractivity contribution in [1.82, 2.24) is 31.1 Å². The number of nitrogens with one attached hydrogen (secondary N) is 4. The third-order valence-electron chi connectivity index (χ3n) is 4.06. The molecule has 218 valence electrons. The molecule has 0 saturated carbocycles. The molecular formula is C20H34B2N6O8S2Y2-2. The van der Waals surface area contributed by atoms with Gasteiger partial charge in [-0.2, -0.15) is 0 Å². The molecule has 4 atom stereocenters. The van der Waals surface area contributed by atoms with Crippen LogP contribution in [0.5, 0.6) is 0 Å². The van der Waals surface area contributed by atoms with Gasteiger partial charge in [-0.25, -0.2) is 12.6 Å². The van der Waals surface area contributed by atoms with Crippen LogP contribution in [0.2, 0.25) is 0 Å². The Labute approximate surface area is 297 Å². The van der Waals surface area contributed by atoms with Gasteiger partial charge in [-0.3, -0.25) is 19.2 Å². The summed E-state index contributed by atoms with van der Waals surface area (Å²) in [6.07, 6.45) is 3.30. The van der Waals surface area contributed by atoms with Gasteiger partial charge >= 0.3 is 0 Å². The van der Waals surface area contributed by atoms with E-state index in [2.05, 4.69) is 21.3 Å². The van der Waals surface area contributed by atoms with Crippen LogP contribution in [-0.4, -0.2) is 163 Å². The number of hydrogen-bond donors (Lipinski definition) is 6. The molecule has 0 heterocycles. The van der Waals surface area contributed by atoms with E-state index in [4.69, 9.17) is 0 Å². The fourth-order valence-electron chi connectivity index (χ4n) is 2.43. The summed E-state index contributed by atoms with van der Waals surface area (Å²) in [5.41, 5.74) is 0. The number of carbonyl (C=O) groups excluding carboxylic acids is 6. The molecule has 0 unspecified atom stereocenters. The zero-order valence-corrected chi connectivity index (χ0v) is 30.2. The largest absolute Gasteiger partial charge is 0.540 e. The van der Waals surface area contributed by atoms with Crippen molar-refractivity contribution in [2.45, 2.75) is 24.2 Å². The molecule has 0 aliphatic heterocycles. The molecular weight excluding hydrogens is 716 g/mol. The Kier molecular flexibility index (Phi) is 36.3. The minimum absolute atomic E-state index is 0. The predicted molar refractivity (Wildman–Crippen MR) is 147 cm³/mol. The molecule has 0 saturated heterocycles. The zero-order chi connectivity index (χ0) is 27.7. The molecule has 0 aromatic heterocycles. The van der Waals surface area contributed by atoms with Crippen LogP contribution in [0.15, 0.2) is 0 Å². The van der Waals surface area contributed by atoms with Crippen molar-refractivity contribution in [2.75, 3.05) is 66.0 Å². The molecule has 40 heavy (non-hydrogen) atoms. The quantitative estimate of drug-likeness (QED) is 0.0319. The van der Waals surface area contributed by atoms with Gasteiger partial charge in [-0.05, 0) is 39.7 Å². The maximum absolute atomic E-state index is 12.3. The van der Waals surface area contributed by atoms with Gasteiger partial charge < -0.3 is 50.9 Å². The van der Waals surface area contributed by atoms with E-state index >= 15 is 0 Å². The van der Waals surface area contributed by atoms with Gasteiger partial charge in [-0.15, -0.1) is 0 Å². The molecule has 0 aromatic carbocycles. The summed E-state index contributed by atoms with van der Waals surface area (Å²) in [5, 5.41) is 28.2. The van der Waals surface area contributed by atoms with Crippen LogP contribution in [0.1, 0.15) is 0 Å². The van der Waals surface area contributed by atoms with E-state index in [-0.39, 0.29) is 107 Å². The van der Waals surface area contributed by atoms with Crippen LogP contribution >= 0.6 is 21.6 Å². The number of hydrogen-bond acceptors (Lipinski definition) is 12. The number of likely N-dealkylation sites (N-methyl/N-ethyl adjacent to an activating group) is 2. The number of rotatable bonds is 19. The molecule has 8 radical (unpaired) electrons. The van der Waals surface area contributed by atoms with Crippen molar-refractivity contribution < 1.29 is 104 Å². The van der Waals surface area contributed by atoms with Gasteiger partial charge in [0.1, 0.15) is 12.1 Å². The molecule has 6 N–H and O–H groups in total. The fourth-order valence-corrected chi connectivity index (χ4v) is 4.59. The molecule has 14 nitrogen and oxygen atoms in total. The summed E-state index contributed by atoms with van der Waals surface area (Å²) in [5.74, 6) is -2.40. The zero-order valence-electron chi connectivity index (χ0n) is 22.9. The Morgan fingerprint density at radius 3 is 1.20 bits per heavy atom. The third-order valence-corrected chi connectivity index (χ3v) is 6.48. The summed E-state index contributed by atoms with van der Waals surface area (Å²) in [6, 6.07) is -4.61. The molecule has 0 aromatic rings. The van der Waals surface area contributed by atoms with Gasteiger partial charge in [0.25, 0.3) is 0 Å². The first-order valence-electron chi connectivity index (χ1n) is 10.7. The predicted octanol–water partition coefficient (Wildman–Crippen LogP) is -5.13. The molecule has 0 aliphatic carbocycles. The minimum Gasteiger partial charge on any atom is -0.540 e. The van der Waals surface area contributed by atoms with Gasteiger partial charge in [0.05, 0.1) is 26.3 Å². The van der Waals surface area contributed by atoms with E-state index in [1.807, 2.05) is 0 Å². The Balaban J connectivity index is -0.00000102. The SMILES string of the molecule is CN(C)CC(=O)N[C@@H](CO)C(=O)N[C@@H]([C-]=O)CSSC[C@H]([C-]=O)NC(=O)[C@H](CO)NC(=O)CN(C)C.[B].[B].[Y].[Y]. The summed E-state index contributed by atoms with van der Waals surface area (Å²) < 4.78 is 0. The maximum Gasteiger partial charge on any atom is 0.243 e. The molecule has 0 rings (SSSR count). The summed E-state index contributed by atoms with van der Waals surface area (Å²) in [6.45, 7) is -1.32. The molecule has 0 bridgehead atoms. The Bertz CT molecular complexity index is 706. The second-order valence-corrected chi connectivity index (χ2v) is 10.6. The van der Waals surface area contributed by atoms with Crippen molar-refractivity contribution in [2.24, 2.45) is 0 Å². The standard InChI is InChI=1S/C20H34N6O8S2.2B.2Y/c1-25(2)5-17(31)23-15(9-29)19(33)21-13(7-27)11-35-36-12-14(8-28)22-20(34)16(10-30)24-18(32)6-26(3)4;;;;/h13-16,29-30H,5-6,9-12H2,1-4H3,(H,21,33)(H,22,34)(H,23,31)(H,24,32);;;;/q-2;;;;/t13-,14-,15-,16-;;;;/m0..../s1. The first-order valence-corrected chi connectivity index (χ1v) is 13.2. The van der Waals surface area contributed by atoms with E-state index in [0.29, 0.717) is 0 Å². The molecule has 0 fully saturated rings. The molecule has 0 spiro atoms. The van der Waals surface area contributed by atoms with Crippen LogP contribution in [-0.2, 0) is 94.2 Å². The van der Waals surface area contributed by atoms with Crippen LogP contribution in [0.3, 0.4) is 0 Å². The van der Waals surface area contributed by atoms with Gasteiger partial charge in [0.15, 0.2) is 0 Å². The Hall–Kier alpha value is 0.0977. The number of aliphatic hydroxyl groups excluding tert-OH is 2. The maximum atomic E-state index is 12.3. The minimum atomic E-state index is -1.24. The molecule has 4 amide bonds. The monoisotopic (exact) mass is 750 g/mol. The van der Waals surface area contributed by atoms with E-state index < -0.39 is 61.0 Å². The first-order chi connectivity index (χ1) is 17.0. The third kappa shape index (κ3) is 23.6. The topological polar surface area (TPSA) is 197 Å². The molecule has 0 aliphatic rings. The Morgan fingerprint density at radius 1 is 0.675 bits per heavy atom. The molecule has 20 heteroatoms. The van der Waals surface area contributed by atoms with Crippen LogP contribution in [0.4, 0.5) is 0 Å². The Morgan fingerprint density at radius 2 is 0.975 bits per heavy atom. The smallest absolute Gasteiger partial charge is 0.243 e. The fraction of sp³-hybridized carbons (Fsp3) is 0.700. The second kappa shape index (κ2) is 29.2. The van der Waals surface area contributed by atoms with Crippen molar-refractivity contribution in [3.8, 4) is 0 Å². The van der Waals surface area contributed by atoms with Crippen molar-refractivity contribution in [3.63, 3.8) is 0 Å². The van der Waals surface area contributed by atoms with Crippen LogP contribution in [0.25, 0.3) is 0 Å². The summed E-state index contributed by atoms with van der Waals surface area (Å²) >= 11 is 0. The average Bonchev–Trinajstić information content (AvgIpc) is 2.80. The average molecular weight is 750 g/mol. The van der Waals surface area contributed by atoms with Crippen molar-refractivity contribution in [1.29, 1.82) is 0 Å². The van der Waals surface area contributed by atoms with E-state index in [9.17, 15) is 39.0 Å². The number of aliphatic hydroxyl groups is 2. The van der Waals surface area contributed by atoms with Crippen LogP contribution in [0, 0.1) is 0 Å². The van der Waals surface area contributed by atoms with E-state index in [1.54, 1.807) is 50.6 Å². The van der Waals surface area contributed by atoms with Gasteiger partial charge in [0.2, 0.25) is 23.6 Å². The number of amides is 4. The first kappa shape index (κ1) is 49.8. The summed E-state index contributed by atoms with van der Waals surface area (Å²) in [4.78, 5) is 73.7. The van der Waals surface area contributed by atoms with Gasteiger partial charge in [0, 0.05) is 82.2 Å². The summed E-state index contributed by atoms with van der Waals surface area (Å²) in [7, 11) is 8.84. The van der Waals surface area contributed by atoms with Crippen molar-refractivity contribution in [3.05, 3.63) is 0 Å². The van der Waals surface area contributed by atoms with E-state index in [0.717, 1.165) is 21.6 Å². The second-order valence-electron chi connectivity index (χ2n) is 8.01. The van der Waals surface area contributed by atoms with Crippen molar-refractivity contribution >= 4 is 74.6 Å². The van der Waals surface area contributed by atoms with E-state index in [1.165, 1.54) is 0 Å². The number of nitrogens with zero attached hydrogens (tertiary/aromatic N) is 2.